The quantitative estimate of drug-likeness (QED) is 0.759. The lowest BCUT2D eigenvalue weighted by Crippen LogP contribution is -2.03. The summed E-state index contributed by atoms with van der Waals surface area (Å²) in [6.07, 6.45) is 2.88. The molecule has 0 fully saturated rings. The van der Waals surface area contributed by atoms with Gasteiger partial charge in [0.05, 0.1) is 24.5 Å². The molecule has 6 nitrogen and oxygen atoms in total. The van der Waals surface area contributed by atoms with Crippen molar-refractivity contribution in [3.05, 3.63) is 47.8 Å². The second-order valence-electron chi connectivity index (χ2n) is 4.22. The number of nitrogens with two attached hydrogens (primary N) is 1. The molecule has 0 aliphatic heterocycles. The Labute approximate surface area is 113 Å². The molecule has 0 spiro atoms. The fraction of sp³-hybridized carbons (Fsp3) is 0.0769. The van der Waals surface area contributed by atoms with Gasteiger partial charge in [-0.25, -0.2) is 19.3 Å². The van der Waals surface area contributed by atoms with Gasteiger partial charge >= 0.3 is 0 Å². The molecule has 98 valence electrons. The van der Waals surface area contributed by atoms with Crippen molar-refractivity contribution in [2.45, 2.75) is 6.54 Å². The van der Waals surface area contributed by atoms with Gasteiger partial charge in [-0.3, -0.25) is 0 Å². The van der Waals surface area contributed by atoms with Crippen molar-refractivity contribution >= 4 is 17.0 Å². The van der Waals surface area contributed by atoms with Crippen molar-refractivity contribution in [3.8, 4) is 6.07 Å². The third-order valence-electron chi connectivity index (χ3n) is 2.96. The fourth-order valence-corrected chi connectivity index (χ4v) is 2.00. The van der Waals surface area contributed by atoms with Gasteiger partial charge in [-0.2, -0.15) is 5.26 Å². The first kappa shape index (κ1) is 12.0. The molecule has 2 aromatic heterocycles. The maximum Gasteiger partial charge on any atom is 0.165 e. The Bertz CT molecular complexity index is 832. The average Bonchev–Trinajstić information content (AvgIpc) is 2.84. The molecule has 0 unspecified atom stereocenters. The maximum atomic E-state index is 13.3. The molecule has 0 aliphatic rings. The molecule has 20 heavy (non-hydrogen) atoms. The summed E-state index contributed by atoms with van der Waals surface area (Å²) < 4.78 is 15.0. The van der Waals surface area contributed by atoms with E-state index >= 15 is 0 Å². The van der Waals surface area contributed by atoms with Gasteiger partial charge in [-0.05, 0) is 23.8 Å². The number of rotatable bonds is 2. The van der Waals surface area contributed by atoms with E-state index in [1.54, 1.807) is 10.9 Å². The van der Waals surface area contributed by atoms with E-state index in [1.807, 2.05) is 6.07 Å². The van der Waals surface area contributed by atoms with E-state index < -0.39 is 5.82 Å². The highest BCUT2D eigenvalue weighted by molar-refractivity contribution is 5.81. The highest BCUT2D eigenvalue weighted by Crippen LogP contribution is 2.18. The van der Waals surface area contributed by atoms with Crippen LogP contribution in [-0.4, -0.2) is 19.5 Å². The summed E-state index contributed by atoms with van der Waals surface area (Å²) >= 11 is 0. The number of hydrogen-bond donors (Lipinski definition) is 1. The summed E-state index contributed by atoms with van der Waals surface area (Å²) in [6.45, 7) is 0.285. The zero-order valence-corrected chi connectivity index (χ0v) is 10.3. The van der Waals surface area contributed by atoms with Gasteiger partial charge in [-0.15, -0.1) is 0 Å². The summed E-state index contributed by atoms with van der Waals surface area (Å²) in [6, 6.07) is 6.07. The molecule has 0 atom stereocenters. The van der Waals surface area contributed by atoms with Gasteiger partial charge in [-0.1, -0.05) is 0 Å². The molecule has 0 amide bonds. The van der Waals surface area contributed by atoms with Crippen molar-refractivity contribution in [3.63, 3.8) is 0 Å². The summed E-state index contributed by atoms with van der Waals surface area (Å²) in [5.74, 6) is -0.106. The molecule has 0 saturated carbocycles. The highest BCUT2D eigenvalue weighted by atomic mass is 19.1. The number of hydrogen-bond acceptors (Lipinski definition) is 5. The van der Waals surface area contributed by atoms with Crippen LogP contribution in [0.4, 0.5) is 10.2 Å². The lowest BCUT2D eigenvalue weighted by Gasteiger charge is -2.06. The standard InChI is InChI=1S/C13H9FN6/c14-10-2-1-8(4-15)9(3-10)5-20-7-19-11-12(16)17-6-18-13(11)20/h1-3,6-7H,5H2,(H2,16,17,18). The van der Waals surface area contributed by atoms with E-state index in [1.165, 1.54) is 24.5 Å². The summed E-state index contributed by atoms with van der Waals surface area (Å²) in [4.78, 5) is 12.1. The van der Waals surface area contributed by atoms with Crippen LogP contribution in [0, 0.1) is 17.1 Å². The second-order valence-corrected chi connectivity index (χ2v) is 4.22. The molecular weight excluding hydrogens is 259 g/mol. The molecule has 1 aromatic carbocycles. The van der Waals surface area contributed by atoms with Crippen molar-refractivity contribution in [1.82, 2.24) is 19.5 Å². The zero-order valence-electron chi connectivity index (χ0n) is 10.3. The van der Waals surface area contributed by atoms with Crippen LogP contribution in [0.5, 0.6) is 0 Å². The van der Waals surface area contributed by atoms with E-state index in [-0.39, 0.29) is 12.4 Å². The van der Waals surface area contributed by atoms with Gasteiger partial charge in [0.2, 0.25) is 0 Å². The van der Waals surface area contributed by atoms with Crippen LogP contribution in [0.15, 0.2) is 30.9 Å². The summed E-state index contributed by atoms with van der Waals surface area (Å²) in [7, 11) is 0. The van der Waals surface area contributed by atoms with E-state index in [0.29, 0.717) is 22.3 Å². The Morgan fingerprint density at radius 3 is 2.95 bits per heavy atom. The molecule has 2 heterocycles. The monoisotopic (exact) mass is 268 g/mol. The third kappa shape index (κ3) is 1.93. The lowest BCUT2D eigenvalue weighted by atomic mass is 10.1. The van der Waals surface area contributed by atoms with E-state index in [2.05, 4.69) is 15.0 Å². The lowest BCUT2D eigenvalue weighted by molar-refractivity contribution is 0.623. The summed E-state index contributed by atoms with van der Waals surface area (Å²) in [5, 5.41) is 9.05. The van der Waals surface area contributed by atoms with Crippen LogP contribution >= 0.6 is 0 Å². The number of nitrogens with zero attached hydrogens (tertiary/aromatic N) is 5. The topological polar surface area (TPSA) is 93.4 Å². The van der Waals surface area contributed by atoms with Crippen LogP contribution < -0.4 is 5.73 Å². The molecule has 0 aliphatic carbocycles. The minimum absolute atomic E-state index is 0.285. The largest absolute Gasteiger partial charge is 0.382 e. The van der Waals surface area contributed by atoms with Crippen LogP contribution in [0.1, 0.15) is 11.1 Å². The molecular formula is C13H9FN6. The number of nitriles is 1. The predicted molar refractivity (Wildman–Crippen MR) is 70.0 cm³/mol. The number of anilines is 1. The first-order valence-electron chi connectivity index (χ1n) is 5.79. The minimum Gasteiger partial charge on any atom is -0.382 e. The zero-order chi connectivity index (χ0) is 14.1. The van der Waals surface area contributed by atoms with Gasteiger partial charge < -0.3 is 10.3 Å². The Hall–Kier alpha value is -3.01. The minimum atomic E-state index is -0.391. The highest BCUT2D eigenvalue weighted by Gasteiger charge is 2.10. The Kier molecular flexibility index (Phi) is 2.76. The maximum absolute atomic E-state index is 13.3. The first-order valence-corrected chi connectivity index (χ1v) is 5.79. The molecule has 3 rings (SSSR count). The average molecular weight is 268 g/mol. The number of benzene rings is 1. The predicted octanol–water partition coefficient (Wildman–Crippen LogP) is 1.47. The number of halogens is 1. The normalized spacial score (nSPS) is 10.6. The Balaban J connectivity index is 2.08. The van der Waals surface area contributed by atoms with Crippen molar-refractivity contribution in [1.29, 1.82) is 5.26 Å². The molecule has 0 saturated heterocycles. The number of fused-ring (bicyclic) bond motifs is 1. The van der Waals surface area contributed by atoms with Crippen molar-refractivity contribution < 1.29 is 4.39 Å². The van der Waals surface area contributed by atoms with E-state index in [4.69, 9.17) is 11.0 Å². The van der Waals surface area contributed by atoms with E-state index in [0.717, 1.165) is 0 Å². The van der Waals surface area contributed by atoms with Crippen molar-refractivity contribution in [2.24, 2.45) is 0 Å². The molecule has 3 aromatic rings. The van der Waals surface area contributed by atoms with Gasteiger partial charge in [0.25, 0.3) is 0 Å². The van der Waals surface area contributed by atoms with Crippen molar-refractivity contribution in [2.75, 3.05) is 5.73 Å². The second kappa shape index (κ2) is 4.59. The van der Waals surface area contributed by atoms with Gasteiger partial charge in [0, 0.05) is 0 Å². The number of imidazole rings is 1. The third-order valence-corrected chi connectivity index (χ3v) is 2.96. The smallest absolute Gasteiger partial charge is 0.165 e. The van der Waals surface area contributed by atoms with Crippen LogP contribution in [0.2, 0.25) is 0 Å². The molecule has 0 bridgehead atoms. The van der Waals surface area contributed by atoms with Crippen LogP contribution in [0.3, 0.4) is 0 Å². The SMILES string of the molecule is N#Cc1ccc(F)cc1Cn1cnc2c(N)ncnc21. The first-order chi connectivity index (χ1) is 9.69. The number of aromatic nitrogens is 4. The number of nitrogen functional groups attached to an aromatic ring is 1. The molecule has 0 radical (unpaired) electrons. The summed E-state index contributed by atoms with van der Waals surface area (Å²) in [5.41, 5.74) is 7.71. The van der Waals surface area contributed by atoms with Crippen LogP contribution in [0.25, 0.3) is 11.2 Å². The molecule has 2 N–H and O–H groups in total. The Morgan fingerprint density at radius 2 is 2.15 bits per heavy atom. The fourth-order valence-electron chi connectivity index (χ4n) is 2.00. The van der Waals surface area contributed by atoms with Gasteiger partial charge in [0.1, 0.15) is 17.7 Å². The van der Waals surface area contributed by atoms with E-state index in [9.17, 15) is 4.39 Å². The Morgan fingerprint density at radius 1 is 1.30 bits per heavy atom. The van der Waals surface area contributed by atoms with Crippen LogP contribution in [-0.2, 0) is 6.54 Å². The molecule has 7 heteroatoms. The van der Waals surface area contributed by atoms with Gasteiger partial charge in [0.15, 0.2) is 11.5 Å².